The maximum absolute atomic E-state index is 12.8. The van der Waals surface area contributed by atoms with Gasteiger partial charge in [0.1, 0.15) is 11.6 Å². The molecule has 8 nitrogen and oxygen atoms in total. The van der Waals surface area contributed by atoms with Crippen molar-refractivity contribution in [2.24, 2.45) is 5.92 Å². The lowest BCUT2D eigenvalue weighted by Gasteiger charge is -2.32. The van der Waals surface area contributed by atoms with Gasteiger partial charge in [-0.3, -0.25) is 14.8 Å². The minimum atomic E-state index is -0.196. The van der Waals surface area contributed by atoms with Gasteiger partial charge in [-0.15, -0.1) is 0 Å². The fraction of sp³-hybridized carbons (Fsp3) is 0.458. The van der Waals surface area contributed by atoms with Crippen LogP contribution in [-0.2, 0) is 13.0 Å². The van der Waals surface area contributed by atoms with Gasteiger partial charge in [0.2, 0.25) is 0 Å². The number of likely N-dealkylation sites (tertiary alicyclic amines) is 1. The van der Waals surface area contributed by atoms with Crippen LogP contribution in [0.25, 0.3) is 0 Å². The van der Waals surface area contributed by atoms with Gasteiger partial charge in [-0.25, -0.2) is 4.68 Å². The third-order valence-electron chi connectivity index (χ3n) is 5.86. The average Bonchev–Trinajstić information content (AvgIpc) is 3.43. The zero-order valence-electron chi connectivity index (χ0n) is 19.0. The number of amides is 1. The Morgan fingerprint density at radius 1 is 1.25 bits per heavy atom. The first kappa shape index (κ1) is 22.1. The zero-order chi connectivity index (χ0) is 22.5. The molecule has 0 atom stereocenters. The molecule has 1 fully saturated rings. The van der Waals surface area contributed by atoms with Crippen molar-refractivity contribution in [2.75, 3.05) is 25.5 Å². The molecule has 0 spiro atoms. The van der Waals surface area contributed by atoms with E-state index in [-0.39, 0.29) is 11.9 Å². The molecule has 1 aromatic carbocycles. The second-order valence-corrected chi connectivity index (χ2v) is 8.81. The Balaban J connectivity index is 1.34. The van der Waals surface area contributed by atoms with Crippen molar-refractivity contribution in [1.29, 1.82) is 0 Å². The molecule has 8 heteroatoms. The van der Waals surface area contributed by atoms with Gasteiger partial charge in [-0.05, 0) is 43.4 Å². The third-order valence-corrected chi connectivity index (χ3v) is 5.86. The molecule has 0 unspecified atom stereocenters. The molecule has 2 aromatic heterocycles. The molecule has 0 radical (unpaired) electrons. The number of rotatable bonds is 8. The summed E-state index contributed by atoms with van der Waals surface area (Å²) in [6.45, 7) is 7.25. The van der Waals surface area contributed by atoms with Crippen LogP contribution in [0.5, 0.6) is 5.75 Å². The van der Waals surface area contributed by atoms with Crippen molar-refractivity contribution in [2.45, 2.75) is 45.7 Å². The second-order valence-electron chi connectivity index (χ2n) is 8.81. The number of hydrogen-bond donors (Lipinski definition) is 2. The van der Waals surface area contributed by atoms with E-state index in [1.165, 1.54) is 5.69 Å². The first-order valence-electron chi connectivity index (χ1n) is 11.3. The van der Waals surface area contributed by atoms with E-state index in [0.29, 0.717) is 23.0 Å². The number of methoxy groups -OCH3 is 1. The summed E-state index contributed by atoms with van der Waals surface area (Å²) in [4.78, 5) is 15.2. The Bertz CT molecular complexity index is 1030. The highest BCUT2D eigenvalue weighted by molar-refractivity contribution is 6.05. The summed E-state index contributed by atoms with van der Waals surface area (Å²) in [5, 5.41) is 15.1. The van der Waals surface area contributed by atoms with E-state index in [2.05, 4.69) is 45.4 Å². The van der Waals surface area contributed by atoms with Gasteiger partial charge in [0.15, 0.2) is 0 Å². The standard InChI is InChI=1S/C24H32N6O2/c1-17(2)14-18-15-19(28-27-18)16-29-12-9-20(10-13-29)30-23(8-11-25-30)26-24(31)21-6-4-5-7-22(21)32-3/h4-8,11,15,17,20H,9-10,12-14,16H2,1-3H3,(H,26,31)(H,27,28). The molecule has 4 rings (SSSR count). The lowest BCUT2D eigenvalue weighted by molar-refractivity contribution is 0.102. The van der Waals surface area contributed by atoms with Crippen molar-refractivity contribution in [3.8, 4) is 5.75 Å². The smallest absolute Gasteiger partial charge is 0.260 e. The van der Waals surface area contributed by atoms with E-state index in [1.807, 2.05) is 22.9 Å². The first-order valence-corrected chi connectivity index (χ1v) is 11.3. The predicted octanol–water partition coefficient (Wildman–Crippen LogP) is 3.90. The number of H-pyrrole nitrogens is 1. The van der Waals surface area contributed by atoms with Crippen LogP contribution >= 0.6 is 0 Å². The summed E-state index contributed by atoms with van der Waals surface area (Å²) in [6.07, 6.45) is 4.70. The quantitative estimate of drug-likeness (QED) is 0.559. The molecule has 2 N–H and O–H groups in total. The van der Waals surface area contributed by atoms with E-state index in [4.69, 9.17) is 4.74 Å². The largest absolute Gasteiger partial charge is 0.496 e. The highest BCUT2D eigenvalue weighted by Crippen LogP contribution is 2.27. The van der Waals surface area contributed by atoms with E-state index >= 15 is 0 Å². The second kappa shape index (κ2) is 9.99. The molecule has 1 saturated heterocycles. The molecular weight excluding hydrogens is 404 g/mol. The molecule has 1 amide bonds. The van der Waals surface area contributed by atoms with Crippen LogP contribution in [0.1, 0.15) is 54.5 Å². The van der Waals surface area contributed by atoms with Crippen molar-refractivity contribution in [1.82, 2.24) is 24.9 Å². The van der Waals surface area contributed by atoms with Crippen LogP contribution < -0.4 is 10.1 Å². The topological polar surface area (TPSA) is 88.1 Å². The molecule has 1 aliphatic heterocycles. The monoisotopic (exact) mass is 436 g/mol. The average molecular weight is 437 g/mol. The number of para-hydroxylation sites is 1. The predicted molar refractivity (Wildman–Crippen MR) is 124 cm³/mol. The maximum Gasteiger partial charge on any atom is 0.260 e. The lowest BCUT2D eigenvalue weighted by Crippen LogP contribution is -2.35. The van der Waals surface area contributed by atoms with Crippen LogP contribution in [0, 0.1) is 5.92 Å². The van der Waals surface area contributed by atoms with Gasteiger partial charge >= 0.3 is 0 Å². The minimum Gasteiger partial charge on any atom is -0.496 e. The Hall–Kier alpha value is -3.13. The van der Waals surface area contributed by atoms with Crippen LogP contribution in [0.2, 0.25) is 0 Å². The van der Waals surface area contributed by atoms with Gasteiger partial charge in [-0.1, -0.05) is 26.0 Å². The van der Waals surface area contributed by atoms with Gasteiger partial charge < -0.3 is 10.1 Å². The van der Waals surface area contributed by atoms with Gasteiger partial charge in [-0.2, -0.15) is 10.2 Å². The first-order chi connectivity index (χ1) is 15.5. The molecule has 170 valence electrons. The van der Waals surface area contributed by atoms with Crippen molar-refractivity contribution < 1.29 is 9.53 Å². The number of nitrogens with one attached hydrogen (secondary N) is 2. The van der Waals surface area contributed by atoms with E-state index < -0.39 is 0 Å². The third kappa shape index (κ3) is 5.19. The molecule has 3 heterocycles. The summed E-state index contributed by atoms with van der Waals surface area (Å²) in [7, 11) is 1.57. The van der Waals surface area contributed by atoms with Crippen LogP contribution in [0.15, 0.2) is 42.6 Å². The van der Waals surface area contributed by atoms with E-state index in [1.54, 1.807) is 25.4 Å². The fourth-order valence-electron chi connectivity index (χ4n) is 4.30. The van der Waals surface area contributed by atoms with E-state index in [9.17, 15) is 4.79 Å². The number of hydrogen-bond acceptors (Lipinski definition) is 5. The van der Waals surface area contributed by atoms with Gasteiger partial charge in [0, 0.05) is 31.4 Å². The minimum absolute atomic E-state index is 0.196. The molecule has 0 saturated carbocycles. The normalized spacial score (nSPS) is 15.2. The number of benzene rings is 1. The number of aromatic amines is 1. The zero-order valence-corrected chi connectivity index (χ0v) is 19.0. The number of ether oxygens (including phenoxy) is 1. The number of anilines is 1. The number of carbonyl (C=O) groups excluding carboxylic acids is 1. The van der Waals surface area contributed by atoms with Crippen molar-refractivity contribution >= 4 is 11.7 Å². The van der Waals surface area contributed by atoms with Gasteiger partial charge in [0.25, 0.3) is 5.91 Å². The summed E-state index contributed by atoms with van der Waals surface area (Å²) in [5.41, 5.74) is 2.81. The van der Waals surface area contributed by atoms with Crippen molar-refractivity contribution in [3.05, 3.63) is 59.5 Å². The Kier molecular flexibility index (Phi) is 6.90. The molecule has 0 bridgehead atoms. The van der Waals surface area contributed by atoms with E-state index in [0.717, 1.165) is 44.6 Å². The van der Waals surface area contributed by atoms with Crippen molar-refractivity contribution in [3.63, 3.8) is 0 Å². The Morgan fingerprint density at radius 2 is 2.03 bits per heavy atom. The SMILES string of the molecule is COc1ccccc1C(=O)Nc1ccnn1C1CCN(Cc2cc(CC(C)C)n[nH]2)CC1. The number of nitrogens with zero attached hydrogens (tertiary/aromatic N) is 4. The molecular formula is C24H32N6O2. The molecule has 0 aliphatic carbocycles. The highest BCUT2D eigenvalue weighted by Gasteiger charge is 2.24. The summed E-state index contributed by atoms with van der Waals surface area (Å²) < 4.78 is 7.26. The van der Waals surface area contributed by atoms with Crippen LogP contribution in [0.4, 0.5) is 5.82 Å². The Labute approximate surface area is 189 Å². The number of piperidine rings is 1. The Morgan fingerprint density at radius 3 is 2.78 bits per heavy atom. The lowest BCUT2D eigenvalue weighted by atomic mass is 10.0. The summed E-state index contributed by atoms with van der Waals surface area (Å²) in [6, 6.07) is 11.5. The van der Waals surface area contributed by atoms with Crippen LogP contribution in [-0.4, -0.2) is 51.0 Å². The summed E-state index contributed by atoms with van der Waals surface area (Å²) >= 11 is 0. The maximum atomic E-state index is 12.8. The number of aromatic nitrogens is 4. The molecule has 3 aromatic rings. The highest BCUT2D eigenvalue weighted by atomic mass is 16.5. The van der Waals surface area contributed by atoms with Crippen LogP contribution in [0.3, 0.4) is 0 Å². The molecule has 32 heavy (non-hydrogen) atoms. The summed E-state index contributed by atoms with van der Waals surface area (Å²) in [5.74, 6) is 1.68. The number of carbonyl (C=O) groups is 1. The molecule has 1 aliphatic rings. The van der Waals surface area contributed by atoms with Gasteiger partial charge in [0.05, 0.1) is 30.6 Å². The fourth-order valence-corrected chi connectivity index (χ4v) is 4.30.